The zero-order chi connectivity index (χ0) is 15.6. The molecule has 0 spiro atoms. The van der Waals surface area contributed by atoms with Crippen molar-refractivity contribution < 1.29 is 9.85 Å². The van der Waals surface area contributed by atoms with Crippen LogP contribution in [0, 0.1) is 27.2 Å². The normalized spacial score (nSPS) is 10.4. The van der Waals surface area contributed by atoms with Crippen molar-refractivity contribution >= 4 is 34.7 Å². The second-order valence-electron chi connectivity index (χ2n) is 3.82. The fourth-order valence-corrected chi connectivity index (χ4v) is 2.90. The minimum absolute atomic E-state index is 0.0354. The second-order valence-corrected chi connectivity index (χ2v) is 5.18. The fourth-order valence-electron chi connectivity index (χ4n) is 1.59. The van der Waals surface area contributed by atoms with Gasteiger partial charge in [0.05, 0.1) is 14.7 Å². The molecule has 10 heteroatoms. The Morgan fingerprint density at radius 2 is 1.81 bits per heavy atom. The Morgan fingerprint density at radius 1 is 1.14 bits per heavy atom. The summed E-state index contributed by atoms with van der Waals surface area (Å²) >= 11 is 6.51. The number of nitrogens with zero attached hydrogens (tertiary/aromatic N) is 4. The summed E-state index contributed by atoms with van der Waals surface area (Å²) in [6, 6.07) is 5.90. The maximum absolute atomic E-state index is 11.1. The van der Waals surface area contributed by atoms with Crippen molar-refractivity contribution in [1.82, 2.24) is 9.97 Å². The lowest BCUT2D eigenvalue weighted by Crippen LogP contribution is -2.00. The van der Waals surface area contributed by atoms with Gasteiger partial charge >= 0.3 is 5.69 Å². The molecule has 1 aromatic heterocycles. The van der Waals surface area contributed by atoms with Gasteiger partial charge in [-0.15, -0.1) is 0 Å². The van der Waals surface area contributed by atoms with Gasteiger partial charge in [0.15, 0.2) is 5.03 Å². The molecule has 0 unspecified atom stereocenters. The summed E-state index contributed by atoms with van der Waals surface area (Å²) in [7, 11) is 0. The molecular formula is C11H7ClN4O4S. The first-order chi connectivity index (χ1) is 9.90. The van der Waals surface area contributed by atoms with E-state index in [1.807, 2.05) is 0 Å². The lowest BCUT2D eigenvalue weighted by Gasteiger charge is -2.05. The molecule has 0 amide bonds. The van der Waals surface area contributed by atoms with Gasteiger partial charge in [0.25, 0.3) is 5.69 Å². The third kappa shape index (κ3) is 3.26. The number of hydrogen-bond acceptors (Lipinski definition) is 7. The van der Waals surface area contributed by atoms with E-state index in [-0.39, 0.29) is 32.3 Å². The SMILES string of the molecule is Cc1nc(Cl)nc(Sc2ccccc2[N+](=O)[O-])c1[N+](=O)[O-]. The molecule has 0 radical (unpaired) electrons. The van der Waals surface area contributed by atoms with Crippen LogP contribution in [0.3, 0.4) is 0 Å². The van der Waals surface area contributed by atoms with Crippen LogP contribution in [-0.2, 0) is 0 Å². The van der Waals surface area contributed by atoms with Crippen molar-refractivity contribution in [3.8, 4) is 0 Å². The minimum atomic E-state index is -0.636. The second kappa shape index (κ2) is 6.02. The highest BCUT2D eigenvalue weighted by Gasteiger charge is 2.25. The van der Waals surface area contributed by atoms with Gasteiger partial charge in [-0.2, -0.15) is 0 Å². The lowest BCUT2D eigenvalue weighted by atomic mass is 10.3. The third-order valence-electron chi connectivity index (χ3n) is 2.45. The van der Waals surface area contributed by atoms with Crippen molar-refractivity contribution in [2.75, 3.05) is 0 Å². The Hall–Kier alpha value is -2.26. The van der Waals surface area contributed by atoms with Gasteiger partial charge in [-0.3, -0.25) is 20.2 Å². The molecule has 0 aliphatic carbocycles. The number of benzene rings is 1. The van der Waals surface area contributed by atoms with Gasteiger partial charge in [0, 0.05) is 6.07 Å². The van der Waals surface area contributed by atoms with Crippen molar-refractivity contribution in [2.24, 2.45) is 0 Å². The summed E-state index contributed by atoms with van der Waals surface area (Å²) in [6.07, 6.45) is 0. The van der Waals surface area contributed by atoms with Crippen molar-refractivity contribution in [3.05, 3.63) is 55.5 Å². The Morgan fingerprint density at radius 3 is 2.43 bits per heavy atom. The molecule has 8 nitrogen and oxygen atoms in total. The highest BCUT2D eigenvalue weighted by atomic mass is 35.5. The number of halogens is 1. The Bertz CT molecular complexity index is 740. The van der Waals surface area contributed by atoms with Crippen LogP contribution >= 0.6 is 23.4 Å². The molecule has 0 aliphatic rings. The van der Waals surface area contributed by atoms with Crippen LogP contribution in [-0.4, -0.2) is 19.8 Å². The first-order valence-electron chi connectivity index (χ1n) is 5.50. The summed E-state index contributed by atoms with van der Waals surface area (Å²) in [4.78, 5) is 28.6. The summed E-state index contributed by atoms with van der Waals surface area (Å²) < 4.78 is 0. The van der Waals surface area contributed by atoms with Gasteiger partial charge in [0.1, 0.15) is 5.69 Å². The molecular weight excluding hydrogens is 320 g/mol. The summed E-state index contributed by atoms with van der Waals surface area (Å²) in [5.74, 6) is 0. The Labute approximate surface area is 127 Å². The molecule has 0 saturated heterocycles. The largest absolute Gasteiger partial charge is 0.322 e. The third-order valence-corrected chi connectivity index (χ3v) is 3.66. The summed E-state index contributed by atoms with van der Waals surface area (Å²) in [6.45, 7) is 1.43. The first kappa shape index (κ1) is 15.1. The predicted molar refractivity (Wildman–Crippen MR) is 75.7 cm³/mol. The van der Waals surface area contributed by atoms with E-state index in [4.69, 9.17) is 11.6 Å². The fraction of sp³-hybridized carbons (Fsp3) is 0.0909. The number of aromatic nitrogens is 2. The number of nitro groups is 2. The van der Waals surface area contributed by atoms with Crippen LogP contribution in [0.4, 0.5) is 11.4 Å². The molecule has 0 aliphatic heterocycles. The van der Waals surface area contributed by atoms with E-state index in [0.717, 1.165) is 11.8 Å². The maximum Gasteiger partial charge on any atom is 0.322 e. The number of aryl methyl sites for hydroxylation is 1. The van der Waals surface area contributed by atoms with Crippen molar-refractivity contribution in [3.63, 3.8) is 0 Å². The standard InChI is InChI=1S/C11H7ClN4O4S/c1-6-9(16(19)20)10(14-11(12)13-6)21-8-5-3-2-4-7(8)15(17)18/h2-5H,1H3. The monoisotopic (exact) mass is 326 g/mol. The average Bonchev–Trinajstić information content (AvgIpc) is 2.37. The maximum atomic E-state index is 11.1. The van der Waals surface area contributed by atoms with Crippen LogP contribution in [0.1, 0.15) is 5.69 Å². The molecule has 1 heterocycles. The summed E-state index contributed by atoms with van der Waals surface area (Å²) in [5, 5.41) is 21.9. The van der Waals surface area contributed by atoms with Crippen molar-refractivity contribution in [2.45, 2.75) is 16.8 Å². The quantitative estimate of drug-likeness (QED) is 0.366. The average molecular weight is 327 g/mol. The van der Waals surface area contributed by atoms with Crippen LogP contribution in [0.2, 0.25) is 5.28 Å². The molecule has 2 aromatic rings. The van der Waals surface area contributed by atoms with Crippen LogP contribution in [0.25, 0.3) is 0 Å². The molecule has 0 saturated carbocycles. The van der Waals surface area contributed by atoms with Gasteiger partial charge in [-0.25, -0.2) is 9.97 Å². The van der Waals surface area contributed by atoms with E-state index in [9.17, 15) is 20.2 Å². The van der Waals surface area contributed by atoms with E-state index in [2.05, 4.69) is 9.97 Å². The molecule has 1 aromatic carbocycles. The Kier molecular flexibility index (Phi) is 4.34. The van der Waals surface area contributed by atoms with E-state index < -0.39 is 9.85 Å². The highest BCUT2D eigenvalue weighted by molar-refractivity contribution is 7.99. The Balaban J connectivity index is 2.54. The van der Waals surface area contributed by atoms with E-state index >= 15 is 0 Å². The van der Waals surface area contributed by atoms with Gasteiger partial charge in [0.2, 0.25) is 5.28 Å². The summed E-state index contributed by atoms with van der Waals surface area (Å²) in [5.41, 5.74) is -0.382. The topological polar surface area (TPSA) is 112 Å². The lowest BCUT2D eigenvalue weighted by molar-refractivity contribution is -0.389. The molecule has 0 bridgehead atoms. The van der Waals surface area contributed by atoms with Gasteiger partial charge in [-0.05, 0) is 24.6 Å². The molecule has 21 heavy (non-hydrogen) atoms. The van der Waals surface area contributed by atoms with Gasteiger partial charge in [-0.1, -0.05) is 23.9 Å². The number of hydrogen-bond donors (Lipinski definition) is 0. The van der Waals surface area contributed by atoms with Crippen LogP contribution in [0.5, 0.6) is 0 Å². The van der Waals surface area contributed by atoms with Crippen LogP contribution < -0.4 is 0 Å². The van der Waals surface area contributed by atoms with E-state index in [1.165, 1.54) is 25.1 Å². The van der Waals surface area contributed by atoms with E-state index in [0.29, 0.717) is 0 Å². The van der Waals surface area contributed by atoms with Crippen LogP contribution in [0.15, 0.2) is 34.2 Å². The molecule has 0 N–H and O–H groups in total. The molecule has 108 valence electrons. The molecule has 0 atom stereocenters. The van der Waals surface area contributed by atoms with Gasteiger partial charge < -0.3 is 0 Å². The smallest absolute Gasteiger partial charge is 0.258 e. The van der Waals surface area contributed by atoms with Crippen molar-refractivity contribution in [1.29, 1.82) is 0 Å². The predicted octanol–water partition coefficient (Wildman–Crippen LogP) is 3.41. The number of nitro benzene ring substituents is 1. The zero-order valence-electron chi connectivity index (χ0n) is 10.5. The molecule has 2 rings (SSSR count). The molecule has 0 fully saturated rings. The minimum Gasteiger partial charge on any atom is -0.258 e. The van der Waals surface area contributed by atoms with E-state index in [1.54, 1.807) is 6.07 Å². The highest BCUT2D eigenvalue weighted by Crippen LogP contribution is 2.39. The zero-order valence-corrected chi connectivity index (χ0v) is 12.1. The first-order valence-corrected chi connectivity index (χ1v) is 6.69. The number of rotatable bonds is 4. The number of para-hydroxylation sites is 1.